The van der Waals surface area contributed by atoms with Gasteiger partial charge in [0.05, 0.1) is 5.69 Å². The van der Waals surface area contributed by atoms with Crippen LogP contribution in [0.4, 0.5) is 0 Å². The van der Waals surface area contributed by atoms with Crippen molar-refractivity contribution < 1.29 is 14.7 Å². The second-order valence-corrected chi connectivity index (χ2v) is 5.63. The molecule has 2 rings (SSSR count). The van der Waals surface area contributed by atoms with E-state index in [0.29, 0.717) is 23.5 Å². The van der Waals surface area contributed by atoms with Gasteiger partial charge in [0.1, 0.15) is 4.88 Å². The highest BCUT2D eigenvalue weighted by Crippen LogP contribution is 2.23. The number of amides is 1. The normalized spacial score (nSPS) is 19.4. The Morgan fingerprint density at radius 1 is 1.53 bits per heavy atom. The third-order valence-corrected chi connectivity index (χ3v) is 4.23. The number of carboxylic acids is 1. The standard InChI is InChI=1S/C12H17N3O3S/c1-8-11(19-14-13-8)12(18)15-6-2-3-9(7-15)4-5-10(16)17/h9H,2-7H2,1H3,(H,16,17). The Balaban J connectivity index is 1.95. The first-order valence-corrected chi connectivity index (χ1v) is 7.15. The smallest absolute Gasteiger partial charge is 0.303 e. The monoisotopic (exact) mass is 283 g/mol. The second-order valence-electron chi connectivity index (χ2n) is 4.88. The van der Waals surface area contributed by atoms with Crippen molar-refractivity contribution in [3.8, 4) is 0 Å². The van der Waals surface area contributed by atoms with Crippen molar-refractivity contribution >= 4 is 23.4 Å². The summed E-state index contributed by atoms with van der Waals surface area (Å²) in [5.41, 5.74) is 0.669. The fraction of sp³-hybridized carbons (Fsp3) is 0.667. The molecule has 1 aliphatic rings. The van der Waals surface area contributed by atoms with Crippen LogP contribution in [0.25, 0.3) is 0 Å². The molecular formula is C12H17N3O3S. The van der Waals surface area contributed by atoms with Crippen molar-refractivity contribution in [2.75, 3.05) is 13.1 Å². The van der Waals surface area contributed by atoms with Crippen LogP contribution in [0.2, 0.25) is 0 Å². The van der Waals surface area contributed by atoms with Gasteiger partial charge >= 0.3 is 5.97 Å². The predicted molar refractivity (Wildman–Crippen MR) is 70.1 cm³/mol. The molecule has 1 unspecified atom stereocenters. The molecule has 1 aromatic heterocycles. The van der Waals surface area contributed by atoms with Gasteiger partial charge in [-0.3, -0.25) is 9.59 Å². The number of piperidine rings is 1. The third kappa shape index (κ3) is 3.50. The predicted octanol–water partition coefficient (Wildman–Crippen LogP) is 1.56. The third-order valence-electron chi connectivity index (χ3n) is 3.42. The number of rotatable bonds is 4. The van der Waals surface area contributed by atoms with Crippen molar-refractivity contribution in [3.05, 3.63) is 10.6 Å². The molecule has 7 heteroatoms. The summed E-state index contributed by atoms with van der Waals surface area (Å²) in [6, 6.07) is 0. The van der Waals surface area contributed by atoms with E-state index in [1.807, 2.05) is 0 Å². The average Bonchev–Trinajstić information content (AvgIpc) is 2.82. The zero-order valence-electron chi connectivity index (χ0n) is 10.8. The number of carbonyl (C=O) groups excluding carboxylic acids is 1. The van der Waals surface area contributed by atoms with Gasteiger partial charge in [0, 0.05) is 19.5 Å². The number of aromatic nitrogens is 2. The lowest BCUT2D eigenvalue weighted by Gasteiger charge is -2.32. The van der Waals surface area contributed by atoms with Gasteiger partial charge in [-0.15, -0.1) is 5.10 Å². The summed E-state index contributed by atoms with van der Waals surface area (Å²) in [4.78, 5) is 25.3. The minimum absolute atomic E-state index is 0.0208. The number of nitrogens with zero attached hydrogens (tertiary/aromatic N) is 3. The SMILES string of the molecule is Cc1nnsc1C(=O)N1CCCC(CCC(=O)O)C1. The molecule has 1 saturated heterocycles. The van der Waals surface area contributed by atoms with Crippen LogP contribution in [-0.2, 0) is 4.79 Å². The fourth-order valence-corrected chi connectivity index (χ4v) is 3.01. The highest BCUT2D eigenvalue weighted by Gasteiger charge is 2.26. The van der Waals surface area contributed by atoms with Crippen molar-refractivity contribution in [1.29, 1.82) is 0 Å². The van der Waals surface area contributed by atoms with E-state index in [4.69, 9.17) is 5.11 Å². The van der Waals surface area contributed by atoms with Gasteiger partial charge in [-0.1, -0.05) is 4.49 Å². The number of aryl methyl sites for hydroxylation is 1. The maximum Gasteiger partial charge on any atom is 0.303 e. The Kier molecular flexibility index (Phi) is 4.47. The minimum Gasteiger partial charge on any atom is -0.481 e. The fourth-order valence-electron chi connectivity index (χ4n) is 2.38. The zero-order chi connectivity index (χ0) is 13.8. The number of carbonyl (C=O) groups is 2. The summed E-state index contributed by atoms with van der Waals surface area (Å²) in [6.07, 6.45) is 2.74. The lowest BCUT2D eigenvalue weighted by atomic mass is 9.93. The Morgan fingerprint density at radius 3 is 2.95 bits per heavy atom. The summed E-state index contributed by atoms with van der Waals surface area (Å²) in [5.74, 6) is -0.506. The van der Waals surface area contributed by atoms with Crippen LogP contribution in [-0.4, -0.2) is 44.6 Å². The van der Waals surface area contributed by atoms with Gasteiger partial charge in [0.15, 0.2) is 0 Å². The number of hydrogen-bond acceptors (Lipinski definition) is 5. The molecule has 1 amide bonds. The number of carboxylic acid groups (broad SMARTS) is 1. The summed E-state index contributed by atoms with van der Waals surface area (Å²) >= 11 is 1.12. The molecule has 6 nitrogen and oxygen atoms in total. The highest BCUT2D eigenvalue weighted by molar-refractivity contribution is 7.07. The van der Waals surface area contributed by atoms with Crippen LogP contribution in [0.5, 0.6) is 0 Å². The molecule has 1 aromatic rings. The highest BCUT2D eigenvalue weighted by atomic mass is 32.1. The van der Waals surface area contributed by atoms with Crippen LogP contribution < -0.4 is 0 Å². The molecule has 0 bridgehead atoms. The largest absolute Gasteiger partial charge is 0.481 e. The quantitative estimate of drug-likeness (QED) is 0.906. The average molecular weight is 283 g/mol. The Labute approximate surface area is 115 Å². The van der Waals surface area contributed by atoms with Crippen LogP contribution in [0.15, 0.2) is 0 Å². The van der Waals surface area contributed by atoms with Crippen LogP contribution in [0.1, 0.15) is 41.0 Å². The molecule has 2 heterocycles. The molecule has 1 atom stereocenters. The van der Waals surface area contributed by atoms with E-state index in [2.05, 4.69) is 9.59 Å². The molecule has 19 heavy (non-hydrogen) atoms. The van der Waals surface area contributed by atoms with E-state index in [1.54, 1.807) is 11.8 Å². The number of hydrogen-bond donors (Lipinski definition) is 1. The molecule has 0 spiro atoms. The number of likely N-dealkylation sites (tertiary alicyclic amines) is 1. The minimum atomic E-state index is -0.772. The topological polar surface area (TPSA) is 83.4 Å². The molecule has 1 aliphatic heterocycles. The van der Waals surface area contributed by atoms with Crippen molar-refractivity contribution in [2.24, 2.45) is 5.92 Å². The lowest BCUT2D eigenvalue weighted by Crippen LogP contribution is -2.40. The maximum absolute atomic E-state index is 12.3. The van der Waals surface area contributed by atoms with E-state index in [-0.39, 0.29) is 18.2 Å². The summed E-state index contributed by atoms with van der Waals surface area (Å²) in [6.45, 7) is 3.16. The lowest BCUT2D eigenvalue weighted by molar-refractivity contribution is -0.137. The summed E-state index contributed by atoms with van der Waals surface area (Å²) in [7, 11) is 0. The molecule has 0 saturated carbocycles. The molecule has 104 valence electrons. The molecule has 1 fully saturated rings. The van der Waals surface area contributed by atoms with Gasteiger partial charge in [-0.2, -0.15) is 0 Å². The molecule has 1 N–H and O–H groups in total. The van der Waals surface area contributed by atoms with E-state index < -0.39 is 5.97 Å². The molecular weight excluding hydrogens is 266 g/mol. The van der Waals surface area contributed by atoms with Crippen molar-refractivity contribution in [3.63, 3.8) is 0 Å². The molecule has 0 radical (unpaired) electrons. The maximum atomic E-state index is 12.3. The molecule has 0 aromatic carbocycles. The molecule has 0 aliphatic carbocycles. The van der Waals surface area contributed by atoms with Crippen LogP contribution >= 0.6 is 11.5 Å². The van der Waals surface area contributed by atoms with Gasteiger partial charge in [0.2, 0.25) is 0 Å². The Morgan fingerprint density at radius 2 is 2.32 bits per heavy atom. The van der Waals surface area contributed by atoms with Crippen LogP contribution in [0.3, 0.4) is 0 Å². The summed E-state index contributed by atoms with van der Waals surface area (Å²) in [5, 5.41) is 12.6. The van der Waals surface area contributed by atoms with E-state index in [9.17, 15) is 9.59 Å². The van der Waals surface area contributed by atoms with Crippen molar-refractivity contribution in [2.45, 2.75) is 32.6 Å². The Bertz CT molecular complexity index is 475. The van der Waals surface area contributed by atoms with E-state index >= 15 is 0 Å². The van der Waals surface area contributed by atoms with Gasteiger partial charge in [-0.05, 0) is 43.6 Å². The second kappa shape index (κ2) is 6.10. The summed E-state index contributed by atoms with van der Waals surface area (Å²) < 4.78 is 3.78. The van der Waals surface area contributed by atoms with E-state index in [0.717, 1.165) is 30.9 Å². The van der Waals surface area contributed by atoms with Crippen molar-refractivity contribution in [1.82, 2.24) is 14.5 Å². The van der Waals surface area contributed by atoms with Crippen LogP contribution in [0, 0.1) is 12.8 Å². The van der Waals surface area contributed by atoms with E-state index in [1.165, 1.54) is 0 Å². The Hall–Kier alpha value is -1.50. The van der Waals surface area contributed by atoms with Gasteiger partial charge < -0.3 is 10.0 Å². The zero-order valence-corrected chi connectivity index (χ0v) is 11.7. The van der Waals surface area contributed by atoms with Gasteiger partial charge in [0.25, 0.3) is 5.91 Å². The first-order valence-electron chi connectivity index (χ1n) is 6.38. The number of aliphatic carboxylic acids is 1. The first kappa shape index (κ1) is 13.9. The van der Waals surface area contributed by atoms with Gasteiger partial charge in [-0.25, -0.2) is 0 Å². The first-order chi connectivity index (χ1) is 9.08.